The summed E-state index contributed by atoms with van der Waals surface area (Å²) in [6.07, 6.45) is 2.77. The van der Waals surface area contributed by atoms with E-state index in [9.17, 15) is 9.59 Å². The number of carbonyl (C=O) groups excluding carboxylic acids is 2. The van der Waals surface area contributed by atoms with Crippen LogP contribution in [0.1, 0.15) is 35.8 Å². The molecule has 1 aromatic heterocycles. The summed E-state index contributed by atoms with van der Waals surface area (Å²) in [5.74, 6) is 0.596. The van der Waals surface area contributed by atoms with Gasteiger partial charge in [-0.05, 0) is 19.8 Å². The molecule has 20 heavy (non-hydrogen) atoms. The van der Waals surface area contributed by atoms with Crippen LogP contribution in [0.3, 0.4) is 0 Å². The standard InChI is InChI=1S/C13H18N4O2S/c1-8-11(9-2-3-9)15-12(20-8)16-13(19)17-6-4-10(18)14-5-7-17/h9H,2-7H2,1H3,(H,14,18)(H,15,16,19). The second-order valence-electron chi connectivity index (χ2n) is 5.25. The predicted molar refractivity (Wildman–Crippen MR) is 77.0 cm³/mol. The molecular weight excluding hydrogens is 276 g/mol. The Bertz CT molecular complexity index is 538. The largest absolute Gasteiger partial charge is 0.354 e. The molecule has 2 aliphatic rings. The number of nitrogens with zero attached hydrogens (tertiary/aromatic N) is 2. The van der Waals surface area contributed by atoms with Crippen molar-refractivity contribution in [2.24, 2.45) is 0 Å². The van der Waals surface area contributed by atoms with Crippen LogP contribution >= 0.6 is 11.3 Å². The Kier molecular flexibility index (Phi) is 3.60. The van der Waals surface area contributed by atoms with Crippen LogP contribution in [0, 0.1) is 6.92 Å². The molecular formula is C13H18N4O2S. The summed E-state index contributed by atoms with van der Waals surface area (Å²) in [6.45, 7) is 3.56. The van der Waals surface area contributed by atoms with Crippen molar-refractivity contribution in [1.29, 1.82) is 0 Å². The number of carbonyl (C=O) groups is 2. The second-order valence-corrected chi connectivity index (χ2v) is 6.46. The molecule has 3 rings (SSSR count). The number of hydrogen-bond acceptors (Lipinski definition) is 4. The van der Waals surface area contributed by atoms with Gasteiger partial charge in [0, 0.05) is 36.9 Å². The van der Waals surface area contributed by atoms with E-state index < -0.39 is 0 Å². The number of rotatable bonds is 2. The molecule has 108 valence electrons. The molecule has 0 bridgehead atoms. The van der Waals surface area contributed by atoms with Crippen molar-refractivity contribution in [3.05, 3.63) is 10.6 Å². The van der Waals surface area contributed by atoms with Crippen LogP contribution in [0.2, 0.25) is 0 Å². The monoisotopic (exact) mass is 294 g/mol. The highest BCUT2D eigenvalue weighted by atomic mass is 32.1. The summed E-state index contributed by atoms with van der Waals surface area (Å²) in [5, 5.41) is 6.27. The van der Waals surface area contributed by atoms with E-state index >= 15 is 0 Å². The summed E-state index contributed by atoms with van der Waals surface area (Å²) in [5.41, 5.74) is 1.14. The average molecular weight is 294 g/mol. The zero-order valence-electron chi connectivity index (χ0n) is 11.4. The topological polar surface area (TPSA) is 74.3 Å². The Hall–Kier alpha value is -1.63. The highest BCUT2D eigenvalue weighted by molar-refractivity contribution is 7.15. The van der Waals surface area contributed by atoms with Gasteiger partial charge in [0.2, 0.25) is 5.91 Å². The van der Waals surface area contributed by atoms with E-state index in [4.69, 9.17) is 0 Å². The van der Waals surface area contributed by atoms with Gasteiger partial charge in [-0.2, -0.15) is 0 Å². The number of anilines is 1. The Morgan fingerprint density at radius 1 is 1.45 bits per heavy atom. The molecule has 3 amide bonds. The fourth-order valence-electron chi connectivity index (χ4n) is 2.34. The van der Waals surface area contributed by atoms with Gasteiger partial charge in [-0.3, -0.25) is 10.1 Å². The van der Waals surface area contributed by atoms with Gasteiger partial charge >= 0.3 is 6.03 Å². The lowest BCUT2D eigenvalue weighted by molar-refractivity contribution is -0.120. The van der Waals surface area contributed by atoms with Gasteiger partial charge < -0.3 is 10.2 Å². The molecule has 0 spiro atoms. The third kappa shape index (κ3) is 2.92. The van der Waals surface area contributed by atoms with Gasteiger partial charge in [0.25, 0.3) is 0 Å². The van der Waals surface area contributed by atoms with E-state index in [1.807, 2.05) is 0 Å². The van der Waals surface area contributed by atoms with Crippen LogP contribution in [0.25, 0.3) is 0 Å². The lowest BCUT2D eigenvalue weighted by Crippen LogP contribution is -2.37. The number of amides is 3. The first-order chi connectivity index (χ1) is 9.63. The van der Waals surface area contributed by atoms with Crippen molar-refractivity contribution in [3.63, 3.8) is 0 Å². The first-order valence-electron chi connectivity index (χ1n) is 6.93. The van der Waals surface area contributed by atoms with Gasteiger partial charge in [0.15, 0.2) is 5.13 Å². The third-order valence-electron chi connectivity index (χ3n) is 3.61. The van der Waals surface area contributed by atoms with Crippen LogP contribution in [-0.4, -0.2) is 41.5 Å². The zero-order chi connectivity index (χ0) is 14.1. The van der Waals surface area contributed by atoms with Crippen molar-refractivity contribution in [1.82, 2.24) is 15.2 Å². The van der Waals surface area contributed by atoms with E-state index in [2.05, 4.69) is 22.5 Å². The minimum Gasteiger partial charge on any atom is -0.354 e. The maximum Gasteiger partial charge on any atom is 0.323 e. The van der Waals surface area contributed by atoms with Gasteiger partial charge in [0.05, 0.1) is 5.69 Å². The molecule has 6 nitrogen and oxygen atoms in total. The number of nitrogens with one attached hydrogen (secondary N) is 2. The highest BCUT2D eigenvalue weighted by Crippen LogP contribution is 2.43. The quantitative estimate of drug-likeness (QED) is 0.871. The van der Waals surface area contributed by atoms with E-state index in [0.717, 1.165) is 5.69 Å². The van der Waals surface area contributed by atoms with E-state index in [1.165, 1.54) is 29.1 Å². The van der Waals surface area contributed by atoms with Crippen LogP contribution in [0.5, 0.6) is 0 Å². The van der Waals surface area contributed by atoms with Crippen molar-refractivity contribution < 1.29 is 9.59 Å². The summed E-state index contributed by atoms with van der Waals surface area (Å²) in [4.78, 5) is 30.8. The van der Waals surface area contributed by atoms with Gasteiger partial charge in [-0.1, -0.05) is 0 Å². The maximum absolute atomic E-state index is 12.2. The molecule has 2 heterocycles. The van der Waals surface area contributed by atoms with Crippen molar-refractivity contribution in [2.45, 2.75) is 32.1 Å². The Morgan fingerprint density at radius 2 is 2.25 bits per heavy atom. The maximum atomic E-state index is 12.2. The number of aryl methyl sites for hydroxylation is 1. The molecule has 0 atom stereocenters. The fraction of sp³-hybridized carbons (Fsp3) is 0.615. The van der Waals surface area contributed by atoms with Crippen LogP contribution < -0.4 is 10.6 Å². The number of aromatic nitrogens is 1. The molecule has 0 unspecified atom stereocenters. The van der Waals surface area contributed by atoms with Crippen LogP contribution in [0.4, 0.5) is 9.93 Å². The zero-order valence-corrected chi connectivity index (χ0v) is 12.3. The van der Waals surface area contributed by atoms with E-state index in [-0.39, 0.29) is 11.9 Å². The summed E-state index contributed by atoms with van der Waals surface area (Å²) in [7, 11) is 0. The smallest absolute Gasteiger partial charge is 0.323 e. The fourth-order valence-corrected chi connectivity index (χ4v) is 3.23. The third-order valence-corrected chi connectivity index (χ3v) is 4.51. The van der Waals surface area contributed by atoms with Crippen molar-refractivity contribution in [3.8, 4) is 0 Å². The summed E-state index contributed by atoms with van der Waals surface area (Å²) >= 11 is 1.53. The van der Waals surface area contributed by atoms with Crippen molar-refractivity contribution in [2.75, 3.05) is 25.0 Å². The molecule has 0 radical (unpaired) electrons. The normalized spacial score (nSPS) is 19.4. The molecule has 7 heteroatoms. The number of hydrogen-bond donors (Lipinski definition) is 2. The molecule has 1 saturated carbocycles. The number of thiazole rings is 1. The Labute approximate surface area is 121 Å². The Morgan fingerprint density at radius 3 is 3.00 bits per heavy atom. The molecule has 1 aliphatic carbocycles. The number of urea groups is 1. The van der Waals surface area contributed by atoms with Crippen LogP contribution in [-0.2, 0) is 4.79 Å². The molecule has 2 fully saturated rings. The summed E-state index contributed by atoms with van der Waals surface area (Å²) < 4.78 is 0. The highest BCUT2D eigenvalue weighted by Gasteiger charge is 2.29. The second kappa shape index (κ2) is 5.40. The molecule has 1 aliphatic heterocycles. The van der Waals surface area contributed by atoms with Crippen molar-refractivity contribution >= 4 is 28.4 Å². The molecule has 1 aromatic rings. The average Bonchev–Trinajstić information content (AvgIpc) is 3.19. The SMILES string of the molecule is Cc1sc(NC(=O)N2CCNC(=O)CC2)nc1C1CC1. The molecule has 2 N–H and O–H groups in total. The first kappa shape index (κ1) is 13.4. The first-order valence-corrected chi connectivity index (χ1v) is 7.75. The predicted octanol–water partition coefficient (Wildman–Crippen LogP) is 1.68. The van der Waals surface area contributed by atoms with Crippen LogP contribution in [0.15, 0.2) is 0 Å². The van der Waals surface area contributed by atoms with Gasteiger partial charge in [0.1, 0.15) is 0 Å². The lowest BCUT2D eigenvalue weighted by atomic mass is 10.3. The minimum atomic E-state index is -0.169. The van der Waals surface area contributed by atoms with Gasteiger partial charge in [-0.25, -0.2) is 9.78 Å². The lowest BCUT2D eigenvalue weighted by Gasteiger charge is -2.18. The molecule has 1 saturated heterocycles. The van der Waals surface area contributed by atoms with E-state index in [1.54, 1.807) is 4.90 Å². The van der Waals surface area contributed by atoms with E-state index in [0.29, 0.717) is 37.1 Å². The molecule has 0 aromatic carbocycles. The van der Waals surface area contributed by atoms with Gasteiger partial charge in [-0.15, -0.1) is 11.3 Å². The minimum absolute atomic E-state index is 0.00131. The Balaban J connectivity index is 1.63. The summed E-state index contributed by atoms with van der Waals surface area (Å²) in [6, 6.07) is -0.169.